The van der Waals surface area contributed by atoms with Crippen LogP contribution in [0.5, 0.6) is 0 Å². The molecule has 0 atom stereocenters. The zero-order chi connectivity index (χ0) is 56.8. The Bertz CT molecular complexity index is 4840. The Morgan fingerprint density at radius 2 is 0.494 bits per heavy atom. The molecule has 0 unspecified atom stereocenters. The fraction of sp³-hybridized carbons (Fsp3) is 0.111. The second kappa shape index (κ2) is 17.1. The van der Waals surface area contributed by atoms with Gasteiger partial charge in [0.25, 0.3) is 0 Å². The highest BCUT2D eigenvalue weighted by Crippen LogP contribution is 2.56. The standard InChI is InChI=1S/C81H60BN3/c1-79(2)67-25-13-7-19-55(67)61-43-46-64-58-22-10-16-28-70(58)83(76(64)73(61)79)52-37-31-49(32-38-52)82(50-33-39-53(40-34-50)84-71-29-17-11-23-59(71)65-47-44-62-56-20-8-14-26-68(56)80(3,4)74(62)77(65)84)51-35-41-54(42-36-51)85-72-30-18-12-24-60(72)66-48-45-63-57-21-9-15-27-69(57)81(5,6)75(63)78(66)85/h7-48H,1-6H3. The van der Waals surface area contributed by atoms with Crippen molar-refractivity contribution in [1.82, 2.24) is 13.7 Å². The van der Waals surface area contributed by atoms with Crippen molar-refractivity contribution in [2.75, 3.05) is 0 Å². The van der Waals surface area contributed by atoms with E-state index in [0.717, 1.165) is 17.1 Å². The van der Waals surface area contributed by atoms with E-state index >= 15 is 0 Å². The molecular formula is C81H60BN3. The van der Waals surface area contributed by atoms with E-state index in [4.69, 9.17) is 0 Å². The number of hydrogen-bond acceptors (Lipinski definition) is 0. The largest absolute Gasteiger partial charge is 0.309 e. The maximum absolute atomic E-state index is 2.55. The minimum Gasteiger partial charge on any atom is -0.309 e. The zero-order valence-corrected chi connectivity index (χ0v) is 48.7. The summed E-state index contributed by atoms with van der Waals surface area (Å²) in [7, 11) is 0. The lowest BCUT2D eigenvalue weighted by molar-refractivity contribution is 0.663. The van der Waals surface area contributed by atoms with Crippen molar-refractivity contribution >= 4 is 88.5 Å². The van der Waals surface area contributed by atoms with E-state index in [0.29, 0.717) is 0 Å². The van der Waals surface area contributed by atoms with Crippen molar-refractivity contribution in [2.24, 2.45) is 0 Å². The van der Waals surface area contributed by atoms with Crippen molar-refractivity contribution in [3.05, 3.63) is 288 Å². The van der Waals surface area contributed by atoms with Gasteiger partial charge >= 0.3 is 0 Å². The molecule has 15 aromatic rings. The van der Waals surface area contributed by atoms with Crippen LogP contribution in [0.4, 0.5) is 0 Å². The summed E-state index contributed by atoms with van der Waals surface area (Å²) in [4.78, 5) is 0. The predicted molar refractivity (Wildman–Crippen MR) is 360 cm³/mol. The van der Waals surface area contributed by atoms with Gasteiger partial charge in [0.15, 0.2) is 0 Å². The maximum atomic E-state index is 2.55. The van der Waals surface area contributed by atoms with Crippen LogP contribution in [0.1, 0.15) is 74.9 Å². The van der Waals surface area contributed by atoms with Gasteiger partial charge in [-0.25, -0.2) is 0 Å². The molecule has 85 heavy (non-hydrogen) atoms. The maximum Gasteiger partial charge on any atom is 0.241 e. The molecule has 0 saturated heterocycles. The van der Waals surface area contributed by atoms with Crippen molar-refractivity contribution in [3.8, 4) is 50.4 Å². The van der Waals surface area contributed by atoms with Crippen molar-refractivity contribution < 1.29 is 0 Å². The monoisotopic (exact) mass is 1090 g/mol. The summed E-state index contributed by atoms with van der Waals surface area (Å²) < 4.78 is 7.64. The quantitative estimate of drug-likeness (QED) is 0.147. The zero-order valence-electron chi connectivity index (χ0n) is 48.7. The van der Waals surface area contributed by atoms with Gasteiger partial charge in [-0.15, -0.1) is 0 Å². The minimum absolute atomic E-state index is 0.0698. The third kappa shape index (κ3) is 6.41. The number of benzene rings is 12. The number of aromatic nitrogens is 3. The Balaban J connectivity index is 0.819. The summed E-state index contributed by atoms with van der Waals surface area (Å²) in [6, 6.07) is 96.8. The molecule has 3 aliphatic rings. The van der Waals surface area contributed by atoms with Gasteiger partial charge < -0.3 is 13.7 Å². The first-order valence-electron chi connectivity index (χ1n) is 30.3. The molecule has 3 nitrogen and oxygen atoms in total. The number of rotatable bonds is 6. The van der Waals surface area contributed by atoms with Crippen LogP contribution in [-0.4, -0.2) is 20.4 Å². The first-order valence-corrected chi connectivity index (χ1v) is 30.3. The van der Waals surface area contributed by atoms with Crippen LogP contribution in [0.2, 0.25) is 0 Å². The number of para-hydroxylation sites is 3. The normalized spacial score (nSPS) is 14.8. The molecule has 0 radical (unpaired) electrons. The van der Waals surface area contributed by atoms with Crippen LogP contribution in [-0.2, 0) is 16.2 Å². The molecule has 3 aromatic heterocycles. The Kier molecular flexibility index (Phi) is 9.79. The highest BCUT2D eigenvalue weighted by Gasteiger charge is 2.42. The summed E-state index contributed by atoms with van der Waals surface area (Å²) in [6.07, 6.45) is 0. The molecule has 0 saturated carbocycles. The highest BCUT2D eigenvalue weighted by molar-refractivity contribution is 6.95. The first-order chi connectivity index (χ1) is 41.5. The van der Waals surface area contributed by atoms with E-state index in [-0.39, 0.29) is 23.0 Å². The minimum atomic E-state index is -0.179. The Morgan fingerprint density at radius 1 is 0.235 bits per heavy atom. The smallest absolute Gasteiger partial charge is 0.241 e. The Hall–Kier alpha value is -9.90. The molecule has 12 aromatic carbocycles. The van der Waals surface area contributed by atoms with Crippen LogP contribution >= 0.6 is 0 Å². The molecule has 0 bridgehead atoms. The average molecular weight is 1090 g/mol. The fourth-order valence-electron chi connectivity index (χ4n) is 16.8. The topological polar surface area (TPSA) is 14.8 Å². The van der Waals surface area contributed by atoms with E-state index in [9.17, 15) is 0 Å². The van der Waals surface area contributed by atoms with E-state index in [2.05, 4.69) is 310 Å². The van der Waals surface area contributed by atoms with Gasteiger partial charge in [-0.3, -0.25) is 0 Å². The molecule has 18 rings (SSSR count). The predicted octanol–water partition coefficient (Wildman–Crippen LogP) is 18.4. The highest BCUT2D eigenvalue weighted by atomic mass is 15.0. The average Bonchev–Trinajstić information content (AvgIpc) is 1.62. The summed E-state index contributed by atoms with van der Waals surface area (Å²) in [5, 5.41) is 7.70. The van der Waals surface area contributed by atoms with Crippen molar-refractivity contribution in [3.63, 3.8) is 0 Å². The first kappa shape index (κ1) is 48.6. The van der Waals surface area contributed by atoms with Gasteiger partial charge in [-0.2, -0.15) is 0 Å². The summed E-state index contributed by atoms with van der Waals surface area (Å²) in [5.74, 6) is 0. The molecule has 0 amide bonds. The van der Waals surface area contributed by atoms with E-state index in [1.807, 2.05) is 0 Å². The van der Waals surface area contributed by atoms with Gasteiger partial charge in [0.1, 0.15) is 0 Å². The second-order valence-corrected chi connectivity index (χ2v) is 25.9. The molecule has 0 aliphatic heterocycles. The van der Waals surface area contributed by atoms with Crippen LogP contribution in [0.3, 0.4) is 0 Å². The molecule has 0 N–H and O–H groups in total. The van der Waals surface area contributed by atoms with E-state index < -0.39 is 0 Å². The molecule has 0 fully saturated rings. The number of hydrogen-bond donors (Lipinski definition) is 0. The summed E-state index contributed by atoms with van der Waals surface area (Å²) in [6.45, 7) is 14.4. The van der Waals surface area contributed by atoms with Crippen LogP contribution in [0.25, 0.3) is 116 Å². The molecule has 402 valence electrons. The van der Waals surface area contributed by atoms with Gasteiger partial charge in [0.05, 0.1) is 33.1 Å². The van der Waals surface area contributed by atoms with E-state index in [1.54, 1.807) is 0 Å². The Labute approximate surface area is 495 Å². The molecular weight excluding hydrogens is 1030 g/mol. The van der Waals surface area contributed by atoms with Gasteiger partial charge in [0, 0.05) is 65.6 Å². The SMILES string of the molecule is CC1(C)c2ccccc2-c2ccc3c4ccccc4n(-c4ccc(B(c5ccc(-n6c7ccccc7c7ccc8c(c76)C(C)(C)c6ccccc6-8)cc5)c5ccc(-n6c7ccccc7c7ccc8c(c76)C(C)(C)c6ccccc6-8)cc5)cc4)c3c21. The van der Waals surface area contributed by atoms with Gasteiger partial charge in [0.2, 0.25) is 6.71 Å². The summed E-state index contributed by atoms with van der Waals surface area (Å²) >= 11 is 0. The molecule has 3 aliphatic carbocycles. The van der Waals surface area contributed by atoms with Gasteiger partial charge in [-0.05, 0) is 121 Å². The number of fused-ring (bicyclic) bond motifs is 21. The fourth-order valence-corrected chi connectivity index (χ4v) is 16.8. The summed E-state index contributed by atoms with van der Waals surface area (Å²) in [5.41, 5.74) is 30.6. The van der Waals surface area contributed by atoms with Crippen LogP contribution in [0.15, 0.2) is 255 Å². The molecule has 4 heteroatoms. The third-order valence-corrected chi connectivity index (χ3v) is 20.5. The Morgan fingerprint density at radius 3 is 0.788 bits per heavy atom. The van der Waals surface area contributed by atoms with Crippen molar-refractivity contribution in [2.45, 2.75) is 57.8 Å². The lowest BCUT2D eigenvalue weighted by Gasteiger charge is -2.24. The second-order valence-electron chi connectivity index (χ2n) is 25.9. The lowest BCUT2D eigenvalue weighted by Crippen LogP contribution is -2.52. The number of nitrogens with zero attached hydrogens (tertiary/aromatic N) is 3. The van der Waals surface area contributed by atoms with Gasteiger partial charge in [-0.1, -0.05) is 258 Å². The molecule has 3 heterocycles. The lowest BCUT2D eigenvalue weighted by atomic mass is 9.37. The van der Waals surface area contributed by atoms with Crippen LogP contribution < -0.4 is 16.4 Å². The van der Waals surface area contributed by atoms with Crippen molar-refractivity contribution in [1.29, 1.82) is 0 Å². The molecule has 0 spiro atoms. The van der Waals surface area contributed by atoms with E-state index in [1.165, 1.54) is 149 Å². The third-order valence-electron chi connectivity index (χ3n) is 20.5. The van der Waals surface area contributed by atoms with Crippen LogP contribution in [0, 0.1) is 0 Å².